The summed E-state index contributed by atoms with van der Waals surface area (Å²) in [6.07, 6.45) is 0. The van der Waals surface area contributed by atoms with Crippen molar-refractivity contribution in [3.05, 3.63) is 69.5 Å². The van der Waals surface area contributed by atoms with Crippen LogP contribution in [0.3, 0.4) is 0 Å². The van der Waals surface area contributed by atoms with E-state index in [2.05, 4.69) is 25.7 Å². The highest BCUT2D eigenvalue weighted by molar-refractivity contribution is 7.98. The van der Waals surface area contributed by atoms with Crippen molar-refractivity contribution in [1.82, 2.24) is 15.2 Å². The number of aromatic amines is 1. The van der Waals surface area contributed by atoms with Gasteiger partial charge in [0.2, 0.25) is 11.1 Å². The van der Waals surface area contributed by atoms with E-state index in [9.17, 15) is 4.39 Å². The van der Waals surface area contributed by atoms with Crippen molar-refractivity contribution in [2.45, 2.75) is 17.8 Å². The molecule has 0 bridgehead atoms. The van der Waals surface area contributed by atoms with Crippen molar-refractivity contribution in [2.75, 3.05) is 5.43 Å². The third-order valence-corrected chi connectivity index (χ3v) is 5.07. The Morgan fingerprint density at radius 1 is 1.19 bits per heavy atom. The lowest BCUT2D eigenvalue weighted by molar-refractivity contribution is 0.628. The Labute approximate surface area is 164 Å². The van der Waals surface area contributed by atoms with Gasteiger partial charge in [0.25, 0.3) is 0 Å². The van der Waals surface area contributed by atoms with E-state index in [4.69, 9.17) is 23.2 Å². The Kier molecular flexibility index (Phi) is 6.13. The standard InChI is InChI=1S/C17H14Cl2FN5S/c1-10(12-3-5-13(20)6-4-12)22-23-16-21-17(25-24-16)26-9-11-2-7-14(18)15(19)8-11/h2-8H,9H2,1H3,(H2,21,23,24,25)/b22-10+. The van der Waals surface area contributed by atoms with Gasteiger partial charge in [-0.2, -0.15) is 10.1 Å². The molecule has 0 saturated heterocycles. The highest BCUT2D eigenvalue weighted by Gasteiger charge is 2.06. The molecular formula is C17H14Cl2FN5S. The first-order valence-electron chi connectivity index (χ1n) is 7.56. The molecule has 5 nitrogen and oxygen atoms in total. The quantitative estimate of drug-likeness (QED) is 0.325. The number of thioether (sulfide) groups is 1. The van der Waals surface area contributed by atoms with Gasteiger partial charge in [0.1, 0.15) is 5.82 Å². The average Bonchev–Trinajstić information content (AvgIpc) is 3.09. The van der Waals surface area contributed by atoms with E-state index in [1.54, 1.807) is 18.2 Å². The zero-order valence-corrected chi connectivity index (χ0v) is 16.0. The van der Waals surface area contributed by atoms with Gasteiger partial charge in [-0.25, -0.2) is 14.9 Å². The van der Waals surface area contributed by atoms with Crippen molar-refractivity contribution in [3.8, 4) is 0 Å². The number of nitrogens with one attached hydrogen (secondary N) is 2. The van der Waals surface area contributed by atoms with Gasteiger partial charge in [-0.05, 0) is 42.3 Å². The second kappa shape index (κ2) is 8.53. The van der Waals surface area contributed by atoms with E-state index in [0.29, 0.717) is 32.6 Å². The molecule has 0 unspecified atom stereocenters. The maximum absolute atomic E-state index is 12.9. The fraction of sp³-hybridized carbons (Fsp3) is 0.118. The van der Waals surface area contributed by atoms with Crippen LogP contribution >= 0.6 is 35.0 Å². The third-order valence-electron chi connectivity index (χ3n) is 3.41. The van der Waals surface area contributed by atoms with Crippen molar-refractivity contribution in [1.29, 1.82) is 0 Å². The van der Waals surface area contributed by atoms with Crippen LogP contribution in [0.4, 0.5) is 10.3 Å². The number of aromatic nitrogens is 3. The summed E-state index contributed by atoms with van der Waals surface area (Å²) in [7, 11) is 0. The molecule has 0 saturated carbocycles. The molecule has 0 fully saturated rings. The zero-order valence-electron chi connectivity index (χ0n) is 13.6. The van der Waals surface area contributed by atoms with Crippen LogP contribution in [0.2, 0.25) is 10.0 Å². The molecule has 134 valence electrons. The van der Waals surface area contributed by atoms with E-state index in [1.165, 1.54) is 23.9 Å². The Balaban J connectivity index is 1.58. The first kappa shape index (κ1) is 18.7. The molecule has 2 aromatic carbocycles. The zero-order chi connectivity index (χ0) is 18.5. The number of anilines is 1. The minimum atomic E-state index is -0.284. The average molecular weight is 410 g/mol. The Bertz CT molecular complexity index is 927. The van der Waals surface area contributed by atoms with Gasteiger partial charge in [0, 0.05) is 5.75 Å². The summed E-state index contributed by atoms with van der Waals surface area (Å²) in [5.41, 5.74) is 5.34. The molecule has 9 heteroatoms. The lowest BCUT2D eigenvalue weighted by Crippen LogP contribution is -2.00. The van der Waals surface area contributed by atoms with Gasteiger partial charge < -0.3 is 0 Å². The van der Waals surface area contributed by atoms with Crippen molar-refractivity contribution >= 4 is 46.6 Å². The van der Waals surface area contributed by atoms with Gasteiger partial charge >= 0.3 is 0 Å². The molecular weight excluding hydrogens is 396 g/mol. The van der Waals surface area contributed by atoms with Gasteiger partial charge in [0.15, 0.2) is 0 Å². The molecule has 3 rings (SSSR count). The number of hydrazone groups is 1. The fourth-order valence-electron chi connectivity index (χ4n) is 2.03. The summed E-state index contributed by atoms with van der Waals surface area (Å²) in [6.45, 7) is 1.82. The van der Waals surface area contributed by atoms with E-state index in [-0.39, 0.29) is 5.82 Å². The lowest BCUT2D eigenvalue weighted by atomic mass is 10.1. The van der Waals surface area contributed by atoms with Crippen molar-refractivity contribution < 1.29 is 4.39 Å². The molecule has 3 aromatic rings. The number of rotatable bonds is 6. The molecule has 0 spiro atoms. The van der Waals surface area contributed by atoms with Gasteiger partial charge in [-0.1, -0.05) is 53.2 Å². The number of H-pyrrole nitrogens is 1. The molecule has 26 heavy (non-hydrogen) atoms. The van der Waals surface area contributed by atoms with Crippen LogP contribution in [-0.4, -0.2) is 20.9 Å². The Morgan fingerprint density at radius 2 is 1.96 bits per heavy atom. The summed E-state index contributed by atoms with van der Waals surface area (Å²) in [5, 5.41) is 12.7. The summed E-state index contributed by atoms with van der Waals surface area (Å²) in [4.78, 5) is 4.30. The fourth-order valence-corrected chi connectivity index (χ4v) is 3.09. The summed E-state index contributed by atoms with van der Waals surface area (Å²) >= 11 is 13.4. The van der Waals surface area contributed by atoms with E-state index in [0.717, 1.165) is 11.1 Å². The number of benzene rings is 2. The summed E-state index contributed by atoms with van der Waals surface area (Å²) in [5.74, 6) is 0.794. The van der Waals surface area contributed by atoms with Gasteiger partial charge in [0.05, 0.1) is 15.8 Å². The molecule has 0 aliphatic rings. The monoisotopic (exact) mass is 409 g/mol. The Hall–Kier alpha value is -2.09. The van der Waals surface area contributed by atoms with Crippen LogP contribution in [0, 0.1) is 5.82 Å². The van der Waals surface area contributed by atoms with Crippen molar-refractivity contribution in [3.63, 3.8) is 0 Å². The smallest absolute Gasteiger partial charge is 0.240 e. The second-order valence-corrected chi connectivity index (χ2v) is 7.08. The Morgan fingerprint density at radius 3 is 2.69 bits per heavy atom. The maximum atomic E-state index is 12.9. The van der Waals surface area contributed by atoms with Crippen LogP contribution in [-0.2, 0) is 5.75 Å². The SMILES string of the molecule is C/C(=N\Nc1nc(SCc2ccc(Cl)c(Cl)c2)n[nH]1)c1ccc(F)cc1. The highest BCUT2D eigenvalue weighted by atomic mass is 35.5. The molecule has 0 aliphatic carbocycles. The van der Waals surface area contributed by atoms with E-state index in [1.807, 2.05) is 19.1 Å². The molecule has 0 aliphatic heterocycles. The van der Waals surface area contributed by atoms with E-state index >= 15 is 0 Å². The summed E-state index contributed by atoms with van der Waals surface area (Å²) < 4.78 is 12.9. The first-order valence-corrected chi connectivity index (χ1v) is 9.31. The minimum absolute atomic E-state index is 0.284. The topological polar surface area (TPSA) is 66.0 Å². The predicted molar refractivity (Wildman–Crippen MR) is 105 cm³/mol. The van der Waals surface area contributed by atoms with E-state index < -0.39 is 0 Å². The number of nitrogens with zero attached hydrogens (tertiary/aromatic N) is 3. The number of hydrogen-bond acceptors (Lipinski definition) is 5. The van der Waals surface area contributed by atoms with Crippen LogP contribution in [0.15, 0.2) is 52.7 Å². The largest absolute Gasteiger partial charge is 0.245 e. The normalized spacial score (nSPS) is 11.6. The molecule has 0 amide bonds. The minimum Gasteiger partial charge on any atom is -0.245 e. The van der Waals surface area contributed by atoms with Crippen molar-refractivity contribution in [2.24, 2.45) is 5.10 Å². The van der Waals surface area contributed by atoms with Crippen LogP contribution < -0.4 is 5.43 Å². The third kappa shape index (κ3) is 4.97. The molecule has 2 N–H and O–H groups in total. The molecule has 1 heterocycles. The highest BCUT2D eigenvalue weighted by Crippen LogP contribution is 2.26. The molecule has 1 aromatic heterocycles. The first-order chi connectivity index (χ1) is 12.5. The predicted octanol–water partition coefficient (Wildman–Crippen LogP) is 5.38. The van der Waals surface area contributed by atoms with Gasteiger partial charge in [-0.15, -0.1) is 5.10 Å². The van der Waals surface area contributed by atoms with Gasteiger partial charge in [-0.3, -0.25) is 0 Å². The maximum Gasteiger partial charge on any atom is 0.240 e. The number of halogens is 3. The molecule has 0 radical (unpaired) electrons. The van der Waals surface area contributed by atoms with Crippen LogP contribution in [0.25, 0.3) is 0 Å². The molecule has 0 atom stereocenters. The second-order valence-electron chi connectivity index (χ2n) is 5.32. The lowest BCUT2D eigenvalue weighted by Gasteiger charge is -2.01. The number of hydrogen-bond donors (Lipinski definition) is 2. The summed E-state index contributed by atoms with van der Waals surface area (Å²) in [6, 6.07) is 11.6. The van der Waals surface area contributed by atoms with Crippen LogP contribution in [0.1, 0.15) is 18.1 Å². The van der Waals surface area contributed by atoms with Crippen LogP contribution in [0.5, 0.6) is 0 Å².